The second-order valence-corrected chi connectivity index (χ2v) is 1.95. The van der Waals surface area contributed by atoms with Gasteiger partial charge in [-0.15, -0.1) is 0 Å². The molecular weight excluding hydrogens is 150 g/mol. The predicted molar refractivity (Wildman–Crippen MR) is 34.4 cm³/mol. The summed E-state index contributed by atoms with van der Waals surface area (Å²) >= 11 is 0. The number of nitrogens with zero attached hydrogens (tertiary/aromatic N) is 1. The minimum atomic E-state index is -1.19. The standard InChI is InChI=1S/C6H7NO4/c1-11-6(10)7-4(8)2-3-5(7)9/h2-4,8H,1H3. The molecule has 5 heteroatoms. The Morgan fingerprint density at radius 2 is 2.45 bits per heavy atom. The van der Waals surface area contributed by atoms with Crippen LogP contribution < -0.4 is 0 Å². The smallest absolute Gasteiger partial charge is 0.418 e. The van der Waals surface area contributed by atoms with Crippen LogP contribution in [0, 0.1) is 0 Å². The Balaban J connectivity index is 2.73. The molecule has 0 aromatic heterocycles. The fraction of sp³-hybridized carbons (Fsp3) is 0.333. The lowest BCUT2D eigenvalue weighted by atomic mass is 10.5. The van der Waals surface area contributed by atoms with Crippen molar-refractivity contribution in [2.24, 2.45) is 0 Å². The molecule has 0 saturated carbocycles. The van der Waals surface area contributed by atoms with E-state index in [4.69, 9.17) is 5.11 Å². The molecule has 1 rings (SSSR count). The third-order valence-corrected chi connectivity index (χ3v) is 1.28. The highest BCUT2D eigenvalue weighted by Crippen LogP contribution is 2.09. The van der Waals surface area contributed by atoms with Gasteiger partial charge in [-0.2, -0.15) is 0 Å². The van der Waals surface area contributed by atoms with Gasteiger partial charge in [0.15, 0.2) is 6.23 Å². The lowest BCUT2D eigenvalue weighted by Crippen LogP contribution is -2.39. The second kappa shape index (κ2) is 2.71. The minimum absolute atomic E-state index is 0.565. The predicted octanol–water partition coefficient (Wildman–Crippen LogP) is -0.530. The Morgan fingerprint density at radius 3 is 2.82 bits per heavy atom. The quantitative estimate of drug-likeness (QED) is 0.513. The summed E-state index contributed by atoms with van der Waals surface area (Å²) in [4.78, 5) is 22.1. The van der Waals surface area contributed by atoms with Crippen molar-refractivity contribution < 1.29 is 19.4 Å². The zero-order valence-electron chi connectivity index (χ0n) is 5.85. The molecule has 0 fully saturated rings. The molecule has 60 valence electrons. The molecular formula is C6H7NO4. The van der Waals surface area contributed by atoms with Gasteiger partial charge in [-0.25, -0.2) is 9.69 Å². The molecule has 0 aliphatic carbocycles. The number of amides is 2. The number of aliphatic hydroxyl groups excluding tert-OH is 1. The molecule has 0 saturated heterocycles. The normalized spacial score (nSPS) is 22.5. The zero-order chi connectivity index (χ0) is 8.43. The van der Waals surface area contributed by atoms with Crippen LogP contribution in [0.25, 0.3) is 0 Å². The first-order chi connectivity index (χ1) is 5.16. The summed E-state index contributed by atoms with van der Waals surface area (Å²) in [7, 11) is 1.14. The van der Waals surface area contributed by atoms with Gasteiger partial charge in [-0.3, -0.25) is 4.79 Å². The fourth-order valence-electron chi connectivity index (χ4n) is 0.761. The molecule has 1 atom stereocenters. The average molecular weight is 157 g/mol. The number of hydrogen-bond donors (Lipinski definition) is 1. The third-order valence-electron chi connectivity index (χ3n) is 1.28. The van der Waals surface area contributed by atoms with Crippen LogP contribution in [0.2, 0.25) is 0 Å². The van der Waals surface area contributed by atoms with Gasteiger partial charge >= 0.3 is 6.09 Å². The first-order valence-electron chi connectivity index (χ1n) is 2.94. The van der Waals surface area contributed by atoms with Crippen molar-refractivity contribution in [3.63, 3.8) is 0 Å². The Kier molecular flexibility index (Phi) is 1.91. The Hall–Kier alpha value is -1.36. The van der Waals surface area contributed by atoms with Crippen LogP contribution in [-0.4, -0.2) is 35.3 Å². The van der Waals surface area contributed by atoms with Gasteiger partial charge in [-0.1, -0.05) is 0 Å². The van der Waals surface area contributed by atoms with E-state index in [0.717, 1.165) is 13.2 Å². The summed E-state index contributed by atoms with van der Waals surface area (Å²) in [5.74, 6) is -0.565. The maximum atomic E-state index is 10.8. The maximum Gasteiger partial charge on any atom is 0.418 e. The summed E-state index contributed by atoms with van der Waals surface area (Å²) in [6.07, 6.45) is 0.281. The molecule has 1 heterocycles. The van der Waals surface area contributed by atoms with Crippen LogP contribution in [0.3, 0.4) is 0 Å². The molecule has 1 aliphatic heterocycles. The molecule has 5 nitrogen and oxygen atoms in total. The average Bonchev–Trinajstić information content (AvgIpc) is 2.30. The van der Waals surface area contributed by atoms with Crippen molar-refractivity contribution in [3.8, 4) is 0 Å². The summed E-state index contributed by atoms with van der Waals surface area (Å²) in [5, 5.41) is 8.98. The summed E-state index contributed by atoms with van der Waals surface area (Å²) in [6, 6.07) is 0. The van der Waals surface area contributed by atoms with Gasteiger partial charge in [-0.05, 0) is 6.08 Å². The van der Waals surface area contributed by atoms with Gasteiger partial charge in [0.05, 0.1) is 7.11 Å². The maximum absolute atomic E-state index is 10.8. The summed E-state index contributed by atoms with van der Waals surface area (Å²) in [5.41, 5.74) is 0. The van der Waals surface area contributed by atoms with Crippen LogP contribution in [0.1, 0.15) is 0 Å². The Morgan fingerprint density at radius 1 is 1.82 bits per heavy atom. The van der Waals surface area contributed by atoms with Crippen molar-refractivity contribution >= 4 is 12.0 Å². The van der Waals surface area contributed by atoms with Gasteiger partial charge < -0.3 is 9.84 Å². The number of ether oxygens (including phenoxy) is 1. The van der Waals surface area contributed by atoms with Gasteiger partial charge in [0.25, 0.3) is 5.91 Å². The van der Waals surface area contributed by atoms with E-state index in [1.165, 1.54) is 6.08 Å². The number of hydrogen-bond acceptors (Lipinski definition) is 4. The van der Waals surface area contributed by atoms with Crippen LogP contribution in [-0.2, 0) is 9.53 Å². The summed E-state index contributed by atoms with van der Waals surface area (Å²) in [6.45, 7) is 0. The zero-order valence-corrected chi connectivity index (χ0v) is 5.85. The van der Waals surface area contributed by atoms with Crippen LogP contribution in [0.4, 0.5) is 4.79 Å². The topological polar surface area (TPSA) is 66.8 Å². The van der Waals surface area contributed by atoms with E-state index in [1.807, 2.05) is 0 Å². The molecule has 1 N–H and O–H groups in total. The highest BCUT2D eigenvalue weighted by Gasteiger charge is 2.30. The Labute approximate surface area is 62.9 Å². The van der Waals surface area contributed by atoms with Crippen molar-refractivity contribution in [2.45, 2.75) is 6.23 Å². The van der Waals surface area contributed by atoms with Gasteiger partial charge in [0.2, 0.25) is 0 Å². The van der Waals surface area contributed by atoms with E-state index in [2.05, 4.69) is 4.74 Å². The van der Waals surface area contributed by atoms with Crippen LogP contribution in [0.5, 0.6) is 0 Å². The fourth-order valence-corrected chi connectivity index (χ4v) is 0.761. The summed E-state index contributed by atoms with van der Waals surface area (Å²) < 4.78 is 4.24. The molecule has 0 radical (unpaired) electrons. The third kappa shape index (κ3) is 1.22. The Bertz CT molecular complexity index is 223. The number of rotatable bonds is 0. The van der Waals surface area contributed by atoms with Crippen molar-refractivity contribution in [1.29, 1.82) is 0 Å². The van der Waals surface area contributed by atoms with Crippen LogP contribution in [0.15, 0.2) is 12.2 Å². The molecule has 0 bridgehead atoms. The monoisotopic (exact) mass is 157 g/mol. The first kappa shape index (κ1) is 7.74. The van der Waals surface area contributed by atoms with E-state index in [-0.39, 0.29) is 0 Å². The van der Waals surface area contributed by atoms with Crippen molar-refractivity contribution in [2.75, 3.05) is 7.11 Å². The van der Waals surface area contributed by atoms with Crippen LogP contribution >= 0.6 is 0 Å². The molecule has 11 heavy (non-hydrogen) atoms. The lowest BCUT2D eigenvalue weighted by molar-refractivity contribution is -0.128. The molecule has 1 unspecified atom stereocenters. The minimum Gasteiger partial charge on any atom is -0.452 e. The second-order valence-electron chi connectivity index (χ2n) is 1.95. The SMILES string of the molecule is COC(=O)N1C(=O)C=CC1O. The van der Waals surface area contributed by atoms with Gasteiger partial charge in [0.1, 0.15) is 0 Å². The number of imide groups is 1. The number of carbonyl (C=O) groups excluding carboxylic acids is 2. The van der Waals surface area contributed by atoms with E-state index in [9.17, 15) is 9.59 Å². The number of methoxy groups -OCH3 is 1. The molecule has 0 spiro atoms. The highest BCUT2D eigenvalue weighted by molar-refractivity contribution is 6.01. The number of aliphatic hydroxyl groups is 1. The molecule has 0 aromatic rings. The number of carbonyl (C=O) groups is 2. The first-order valence-corrected chi connectivity index (χ1v) is 2.94. The van der Waals surface area contributed by atoms with Crippen molar-refractivity contribution in [3.05, 3.63) is 12.2 Å². The van der Waals surface area contributed by atoms with E-state index < -0.39 is 18.2 Å². The van der Waals surface area contributed by atoms with E-state index in [1.54, 1.807) is 0 Å². The van der Waals surface area contributed by atoms with E-state index in [0.29, 0.717) is 4.90 Å². The largest absolute Gasteiger partial charge is 0.452 e. The molecule has 0 aromatic carbocycles. The highest BCUT2D eigenvalue weighted by atomic mass is 16.5. The molecule has 1 aliphatic rings. The molecule has 2 amide bonds. The lowest BCUT2D eigenvalue weighted by Gasteiger charge is -2.15. The van der Waals surface area contributed by atoms with Gasteiger partial charge in [0, 0.05) is 6.08 Å². The van der Waals surface area contributed by atoms with E-state index >= 15 is 0 Å². The van der Waals surface area contributed by atoms with Crippen molar-refractivity contribution in [1.82, 2.24) is 4.90 Å².